The highest BCUT2D eigenvalue weighted by Gasteiger charge is 2.05. The third-order valence-corrected chi connectivity index (χ3v) is 2.34. The molecule has 0 radical (unpaired) electrons. The van der Waals surface area contributed by atoms with Crippen LogP contribution in [0.25, 0.3) is 0 Å². The summed E-state index contributed by atoms with van der Waals surface area (Å²) in [5.41, 5.74) is 0. The largest absolute Gasteiger partial charge is 0.469 e. The number of ether oxygens (including phenoxy) is 3. The van der Waals surface area contributed by atoms with Crippen LogP contribution >= 0.6 is 0 Å². The fourth-order valence-corrected chi connectivity index (χ4v) is 1.29. The first-order valence-electron chi connectivity index (χ1n) is 6.79. The molecule has 0 aliphatic carbocycles. The van der Waals surface area contributed by atoms with Crippen molar-refractivity contribution >= 4 is 17.8 Å². The van der Waals surface area contributed by atoms with E-state index in [0.717, 1.165) is 0 Å². The van der Waals surface area contributed by atoms with Gasteiger partial charge >= 0.3 is 5.97 Å². The van der Waals surface area contributed by atoms with E-state index in [1.807, 2.05) is 0 Å². The van der Waals surface area contributed by atoms with Gasteiger partial charge in [-0.1, -0.05) is 0 Å². The lowest BCUT2D eigenvalue weighted by atomic mass is 10.3. The molecule has 0 aliphatic heterocycles. The fourth-order valence-electron chi connectivity index (χ4n) is 1.29. The summed E-state index contributed by atoms with van der Waals surface area (Å²) in [6.45, 7) is 3.96. The number of nitrogens with one attached hydrogen (secondary N) is 2. The highest BCUT2D eigenvalue weighted by molar-refractivity contribution is 5.81. The Morgan fingerprint density at radius 1 is 0.857 bits per heavy atom. The standard InChI is InChI=1S/C13H24N2O6/c1-11(16)14-5-7-20-9-10-21-8-6-15-12(17)3-4-13(18)19-2/h3-10H2,1-2H3,(H,14,16)(H,15,17). The van der Waals surface area contributed by atoms with Gasteiger partial charge in [0.05, 0.1) is 40.0 Å². The molecular formula is C13H24N2O6. The van der Waals surface area contributed by atoms with E-state index in [-0.39, 0.29) is 24.7 Å². The third kappa shape index (κ3) is 14.5. The first-order chi connectivity index (χ1) is 10.1. The van der Waals surface area contributed by atoms with Crippen molar-refractivity contribution in [3.8, 4) is 0 Å². The van der Waals surface area contributed by atoms with Gasteiger partial charge in [0.1, 0.15) is 0 Å². The third-order valence-electron chi connectivity index (χ3n) is 2.34. The van der Waals surface area contributed by atoms with Crippen molar-refractivity contribution in [1.82, 2.24) is 10.6 Å². The Morgan fingerprint density at radius 2 is 1.43 bits per heavy atom. The zero-order valence-electron chi connectivity index (χ0n) is 12.6. The average molecular weight is 304 g/mol. The van der Waals surface area contributed by atoms with E-state index in [0.29, 0.717) is 39.5 Å². The summed E-state index contributed by atoms with van der Waals surface area (Å²) in [7, 11) is 1.28. The molecule has 0 aliphatic rings. The van der Waals surface area contributed by atoms with E-state index in [2.05, 4.69) is 15.4 Å². The molecule has 0 aromatic rings. The van der Waals surface area contributed by atoms with Gasteiger partial charge in [-0.2, -0.15) is 0 Å². The number of carbonyl (C=O) groups is 3. The van der Waals surface area contributed by atoms with Crippen LogP contribution in [0.1, 0.15) is 19.8 Å². The summed E-state index contributed by atoms with van der Waals surface area (Å²) in [6.07, 6.45) is 0.185. The minimum atomic E-state index is -0.405. The summed E-state index contributed by atoms with van der Waals surface area (Å²) in [5.74, 6) is -0.703. The molecule has 0 unspecified atom stereocenters. The van der Waals surface area contributed by atoms with Crippen molar-refractivity contribution in [2.75, 3.05) is 46.6 Å². The number of hydrogen-bond donors (Lipinski definition) is 2. The molecule has 0 bridgehead atoms. The highest BCUT2D eigenvalue weighted by atomic mass is 16.5. The molecule has 2 amide bonds. The van der Waals surface area contributed by atoms with Crippen LogP contribution in [0.3, 0.4) is 0 Å². The molecule has 0 spiro atoms. The lowest BCUT2D eigenvalue weighted by Gasteiger charge is -2.07. The molecular weight excluding hydrogens is 280 g/mol. The number of hydrogen-bond acceptors (Lipinski definition) is 6. The van der Waals surface area contributed by atoms with Crippen molar-refractivity contribution in [2.45, 2.75) is 19.8 Å². The van der Waals surface area contributed by atoms with Gasteiger partial charge in [-0.15, -0.1) is 0 Å². The van der Waals surface area contributed by atoms with Gasteiger partial charge in [-0.25, -0.2) is 0 Å². The van der Waals surface area contributed by atoms with Gasteiger partial charge < -0.3 is 24.8 Å². The fraction of sp³-hybridized carbons (Fsp3) is 0.769. The summed E-state index contributed by atoms with van der Waals surface area (Å²) in [4.78, 5) is 32.7. The molecule has 122 valence electrons. The minimum Gasteiger partial charge on any atom is -0.469 e. The monoisotopic (exact) mass is 304 g/mol. The Morgan fingerprint density at radius 3 is 1.95 bits per heavy atom. The topological polar surface area (TPSA) is 103 Å². The Kier molecular flexibility index (Phi) is 12.3. The molecule has 8 heteroatoms. The van der Waals surface area contributed by atoms with Gasteiger partial charge in [0.15, 0.2) is 0 Å². The van der Waals surface area contributed by atoms with E-state index in [1.54, 1.807) is 0 Å². The molecule has 0 saturated carbocycles. The second kappa shape index (κ2) is 13.3. The maximum Gasteiger partial charge on any atom is 0.306 e. The normalized spacial score (nSPS) is 10.0. The summed E-state index contributed by atoms with van der Waals surface area (Å²) in [6, 6.07) is 0. The first-order valence-corrected chi connectivity index (χ1v) is 6.79. The molecule has 0 fully saturated rings. The van der Waals surface area contributed by atoms with Gasteiger partial charge in [0.2, 0.25) is 11.8 Å². The lowest BCUT2D eigenvalue weighted by Crippen LogP contribution is -2.28. The number of rotatable bonds is 12. The smallest absolute Gasteiger partial charge is 0.306 e. The second-order valence-corrected chi connectivity index (χ2v) is 4.13. The van der Waals surface area contributed by atoms with Crippen LogP contribution in [-0.4, -0.2) is 64.4 Å². The maximum atomic E-state index is 11.3. The first kappa shape index (κ1) is 19.3. The van der Waals surface area contributed by atoms with Crippen LogP contribution in [0.4, 0.5) is 0 Å². The number of methoxy groups -OCH3 is 1. The number of esters is 1. The van der Waals surface area contributed by atoms with Crippen LogP contribution < -0.4 is 10.6 Å². The maximum absolute atomic E-state index is 11.3. The minimum absolute atomic E-state index is 0.0747. The van der Waals surface area contributed by atoms with Crippen LogP contribution in [0.5, 0.6) is 0 Å². The predicted octanol–water partition coefficient (Wildman–Crippen LogP) is -0.775. The lowest BCUT2D eigenvalue weighted by molar-refractivity contribution is -0.142. The summed E-state index contributed by atoms with van der Waals surface area (Å²) < 4.78 is 14.9. The molecule has 2 N–H and O–H groups in total. The van der Waals surface area contributed by atoms with Gasteiger partial charge in [0.25, 0.3) is 0 Å². The van der Waals surface area contributed by atoms with Crippen LogP contribution in [0, 0.1) is 0 Å². The molecule has 0 aromatic heterocycles. The van der Waals surface area contributed by atoms with Crippen molar-refractivity contribution in [3.63, 3.8) is 0 Å². The molecule has 0 rings (SSSR count). The van der Waals surface area contributed by atoms with Crippen molar-refractivity contribution in [1.29, 1.82) is 0 Å². The Hall–Kier alpha value is -1.67. The second-order valence-electron chi connectivity index (χ2n) is 4.13. The van der Waals surface area contributed by atoms with E-state index < -0.39 is 5.97 Å². The Balaban J connectivity index is 3.23. The van der Waals surface area contributed by atoms with Crippen molar-refractivity contribution in [3.05, 3.63) is 0 Å². The zero-order valence-corrected chi connectivity index (χ0v) is 12.6. The van der Waals surface area contributed by atoms with Gasteiger partial charge in [-0.05, 0) is 0 Å². The van der Waals surface area contributed by atoms with Crippen LogP contribution in [0.15, 0.2) is 0 Å². The van der Waals surface area contributed by atoms with Gasteiger partial charge in [-0.3, -0.25) is 14.4 Å². The number of amides is 2. The molecule has 0 saturated heterocycles. The SMILES string of the molecule is COC(=O)CCC(=O)NCCOCCOCCNC(C)=O. The molecule has 8 nitrogen and oxygen atoms in total. The van der Waals surface area contributed by atoms with Gasteiger partial charge in [0, 0.05) is 26.4 Å². The van der Waals surface area contributed by atoms with Crippen LogP contribution in [-0.2, 0) is 28.6 Å². The van der Waals surface area contributed by atoms with Crippen molar-refractivity contribution < 1.29 is 28.6 Å². The highest BCUT2D eigenvalue weighted by Crippen LogP contribution is 1.91. The summed E-state index contributed by atoms with van der Waals surface area (Å²) in [5, 5.41) is 5.23. The zero-order chi connectivity index (χ0) is 15.9. The van der Waals surface area contributed by atoms with E-state index >= 15 is 0 Å². The molecule has 0 heterocycles. The quantitative estimate of drug-likeness (QED) is 0.362. The molecule has 21 heavy (non-hydrogen) atoms. The summed E-state index contributed by atoms with van der Waals surface area (Å²) >= 11 is 0. The van der Waals surface area contributed by atoms with E-state index in [4.69, 9.17) is 9.47 Å². The Bertz CT molecular complexity index is 322. The van der Waals surface area contributed by atoms with Crippen LogP contribution in [0.2, 0.25) is 0 Å². The predicted molar refractivity (Wildman–Crippen MR) is 74.6 cm³/mol. The van der Waals surface area contributed by atoms with E-state index in [1.165, 1.54) is 14.0 Å². The molecule has 0 aromatic carbocycles. The Labute approximate surface area is 124 Å². The van der Waals surface area contributed by atoms with Crippen molar-refractivity contribution in [2.24, 2.45) is 0 Å². The average Bonchev–Trinajstić information content (AvgIpc) is 2.46. The van der Waals surface area contributed by atoms with E-state index in [9.17, 15) is 14.4 Å². The number of carbonyl (C=O) groups excluding carboxylic acids is 3. The molecule has 0 atom stereocenters.